The summed E-state index contributed by atoms with van der Waals surface area (Å²) in [7, 11) is 0. The number of pyridine rings is 1. The molecule has 0 aliphatic heterocycles. The molecule has 0 radical (unpaired) electrons. The van der Waals surface area contributed by atoms with Gasteiger partial charge in [0.05, 0.1) is 6.61 Å². The standard InChI is InChI=1S/C15H15BrN2O2/c1-2-20-15(19)13-8-12(16)10-18-14(13)17-9-11-6-4-3-5-7-11/h3-8,10H,2,9H2,1H3,(H,17,18). The zero-order valence-corrected chi connectivity index (χ0v) is 12.7. The molecule has 0 amide bonds. The lowest BCUT2D eigenvalue weighted by molar-refractivity contribution is 0.0527. The molecule has 0 bridgehead atoms. The molecule has 1 aromatic heterocycles. The van der Waals surface area contributed by atoms with E-state index < -0.39 is 0 Å². The molecule has 4 nitrogen and oxygen atoms in total. The number of carbonyl (C=O) groups is 1. The number of hydrogen-bond acceptors (Lipinski definition) is 4. The van der Waals surface area contributed by atoms with E-state index in [9.17, 15) is 4.79 Å². The van der Waals surface area contributed by atoms with Crippen LogP contribution in [0.3, 0.4) is 0 Å². The van der Waals surface area contributed by atoms with E-state index in [2.05, 4.69) is 26.2 Å². The van der Waals surface area contributed by atoms with E-state index in [1.165, 1.54) is 0 Å². The van der Waals surface area contributed by atoms with E-state index in [1.807, 2.05) is 30.3 Å². The number of nitrogens with one attached hydrogen (secondary N) is 1. The molecule has 2 aromatic rings. The van der Waals surface area contributed by atoms with E-state index in [-0.39, 0.29) is 5.97 Å². The summed E-state index contributed by atoms with van der Waals surface area (Å²) in [6, 6.07) is 11.6. The van der Waals surface area contributed by atoms with Crippen LogP contribution < -0.4 is 5.32 Å². The first-order valence-electron chi connectivity index (χ1n) is 6.31. The van der Waals surface area contributed by atoms with Crippen LogP contribution in [0, 0.1) is 0 Å². The van der Waals surface area contributed by atoms with Gasteiger partial charge in [-0.1, -0.05) is 30.3 Å². The molecule has 2 rings (SSSR count). The number of rotatable bonds is 5. The SMILES string of the molecule is CCOC(=O)c1cc(Br)cnc1NCc1ccccc1. The summed E-state index contributed by atoms with van der Waals surface area (Å²) in [6.45, 7) is 2.71. The Morgan fingerprint density at radius 2 is 2.10 bits per heavy atom. The van der Waals surface area contributed by atoms with Crippen LogP contribution in [0.4, 0.5) is 5.82 Å². The van der Waals surface area contributed by atoms with E-state index >= 15 is 0 Å². The van der Waals surface area contributed by atoms with Gasteiger partial charge in [0.2, 0.25) is 0 Å². The summed E-state index contributed by atoms with van der Waals surface area (Å²) in [5.41, 5.74) is 1.55. The molecule has 0 aliphatic rings. The highest BCUT2D eigenvalue weighted by Gasteiger charge is 2.14. The van der Waals surface area contributed by atoms with Crippen LogP contribution in [0.15, 0.2) is 47.1 Å². The minimum absolute atomic E-state index is 0.337. The maximum Gasteiger partial charge on any atom is 0.341 e. The molecular formula is C15H15BrN2O2. The fourth-order valence-electron chi connectivity index (χ4n) is 1.73. The van der Waals surface area contributed by atoms with Gasteiger partial charge in [-0.25, -0.2) is 9.78 Å². The van der Waals surface area contributed by atoms with Crippen LogP contribution in [0.25, 0.3) is 0 Å². The second-order valence-electron chi connectivity index (χ2n) is 4.11. The lowest BCUT2D eigenvalue weighted by Crippen LogP contribution is -2.11. The Labute approximate surface area is 126 Å². The van der Waals surface area contributed by atoms with Gasteiger partial charge in [-0.05, 0) is 34.5 Å². The summed E-state index contributed by atoms with van der Waals surface area (Å²) in [4.78, 5) is 16.1. The lowest BCUT2D eigenvalue weighted by Gasteiger charge is -2.10. The minimum atomic E-state index is -0.378. The molecule has 1 aromatic carbocycles. The Kier molecular flexibility index (Phi) is 5.12. The molecule has 1 N–H and O–H groups in total. The van der Waals surface area contributed by atoms with Crippen LogP contribution in [0.2, 0.25) is 0 Å². The number of esters is 1. The zero-order valence-electron chi connectivity index (χ0n) is 11.1. The number of carbonyl (C=O) groups excluding carboxylic acids is 1. The van der Waals surface area contributed by atoms with E-state index in [1.54, 1.807) is 19.2 Å². The largest absolute Gasteiger partial charge is 0.462 e. The van der Waals surface area contributed by atoms with Gasteiger partial charge in [0.25, 0.3) is 0 Å². The van der Waals surface area contributed by atoms with Gasteiger partial charge < -0.3 is 10.1 Å². The maximum atomic E-state index is 11.9. The smallest absolute Gasteiger partial charge is 0.341 e. The Morgan fingerprint density at radius 1 is 1.35 bits per heavy atom. The Hall–Kier alpha value is -1.88. The number of hydrogen-bond donors (Lipinski definition) is 1. The molecule has 0 unspecified atom stereocenters. The van der Waals surface area contributed by atoms with Crippen molar-refractivity contribution in [2.45, 2.75) is 13.5 Å². The van der Waals surface area contributed by atoms with Gasteiger partial charge in [0, 0.05) is 17.2 Å². The highest BCUT2D eigenvalue weighted by molar-refractivity contribution is 9.10. The summed E-state index contributed by atoms with van der Waals surface area (Å²) < 4.78 is 5.78. The summed E-state index contributed by atoms with van der Waals surface area (Å²) >= 11 is 3.31. The van der Waals surface area contributed by atoms with Crippen molar-refractivity contribution in [3.63, 3.8) is 0 Å². The number of benzene rings is 1. The Morgan fingerprint density at radius 3 is 2.80 bits per heavy atom. The monoisotopic (exact) mass is 334 g/mol. The second kappa shape index (κ2) is 7.05. The van der Waals surface area contributed by atoms with Gasteiger partial charge in [-0.15, -0.1) is 0 Å². The van der Waals surface area contributed by atoms with Crippen molar-refractivity contribution >= 4 is 27.7 Å². The third-order valence-corrected chi connectivity index (χ3v) is 3.09. The number of aromatic nitrogens is 1. The normalized spacial score (nSPS) is 10.1. The van der Waals surface area contributed by atoms with Crippen molar-refractivity contribution in [1.82, 2.24) is 4.98 Å². The molecule has 20 heavy (non-hydrogen) atoms. The first kappa shape index (κ1) is 14.5. The van der Waals surface area contributed by atoms with Crippen LogP contribution in [0.5, 0.6) is 0 Å². The van der Waals surface area contributed by atoms with Crippen molar-refractivity contribution in [3.8, 4) is 0 Å². The molecular weight excluding hydrogens is 320 g/mol. The van der Waals surface area contributed by atoms with Crippen molar-refractivity contribution in [3.05, 3.63) is 58.2 Å². The van der Waals surface area contributed by atoms with Gasteiger partial charge in [0.15, 0.2) is 0 Å². The fraction of sp³-hybridized carbons (Fsp3) is 0.200. The van der Waals surface area contributed by atoms with Crippen molar-refractivity contribution in [2.24, 2.45) is 0 Å². The van der Waals surface area contributed by atoms with Crippen LogP contribution in [-0.2, 0) is 11.3 Å². The molecule has 0 aliphatic carbocycles. The van der Waals surface area contributed by atoms with Gasteiger partial charge in [-0.3, -0.25) is 0 Å². The van der Waals surface area contributed by atoms with Crippen molar-refractivity contribution in [1.29, 1.82) is 0 Å². The van der Waals surface area contributed by atoms with Gasteiger partial charge in [0.1, 0.15) is 11.4 Å². The first-order valence-corrected chi connectivity index (χ1v) is 7.10. The Bertz CT molecular complexity index is 588. The predicted octanol–water partition coefficient (Wildman–Crippen LogP) is 3.63. The molecule has 0 fully saturated rings. The van der Waals surface area contributed by atoms with Gasteiger partial charge in [-0.2, -0.15) is 0 Å². The topological polar surface area (TPSA) is 51.2 Å². The quantitative estimate of drug-likeness (QED) is 0.848. The number of anilines is 1. The predicted molar refractivity (Wildman–Crippen MR) is 81.7 cm³/mol. The fourth-order valence-corrected chi connectivity index (χ4v) is 2.06. The van der Waals surface area contributed by atoms with Crippen LogP contribution >= 0.6 is 15.9 Å². The molecule has 104 valence electrons. The zero-order chi connectivity index (χ0) is 14.4. The van der Waals surface area contributed by atoms with Crippen molar-refractivity contribution in [2.75, 3.05) is 11.9 Å². The van der Waals surface area contributed by atoms with Gasteiger partial charge >= 0.3 is 5.97 Å². The van der Waals surface area contributed by atoms with Crippen molar-refractivity contribution < 1.29 is 9.53 Å². The molecule has 0 saturated carbocycles. The molecule has 0 spiro atoms. The molecule has 0 atom stereocenters. The van der Waals surface area contributed by atoms with E-state index in [0.29, 0.717) is 24.5 Å². The third kappa shape index (κ3) is 3.81. The van der Waals surface area contributed by atoms with Crippen LogP contribution in [0.1, 0.15) is 22.8 Å². The van der Waals surface area contributed by atoms with E-state index in [4.69, 9.17) is 4.74 Å². The average Bonchev–Trinajstić information content (AvgIpc) is 2.47. The highest BCUT2D eigenvalue weighted by atomic mass is 79.9. The number of nitrogens with zero attached hydrogens (tertiary/aromatic N) is 1. The number of ether oxygens (including phenoxy) is 1. The highest BCUT2D eigenvalue weighted by Crippen LogP contribution is 2.19. The summed E-state index contributed by atoms with van der Waals surface area (Å²) in [6.07, 6.45) is 1.65. The lowest BCUT2D eigenvalue weighted by atomic mass is 10.2. The Balaban J connectivity index is 2.16. The third-order valence-electron chi connectivity index (χ3n) is 2.65. The second-order valence-corrected chi connectivity index (χ2v) is 5.03. The minimum Gasteiger partial charge on any atom is -0.462 e. The van der Waals surface area contributed by atoms with E-state index in [0.717, 1.165) is 10.0 Å². The first-order chi connectivity index (χ1) is 9.70. The summed E-state index contributed by atoms with van der Waals surface area (Å²) in [5, 5.41) is 3.16. The molecule has 5 heteroatoms. The molecule has 1 heterocycles. The molecule has 0 saturated heterocycles. The van der Waals surface area contributed by atoms with Crippen LogP contribution in [-0.4, -0.2) is 17.6 Å². The maximum absolute atomic E-state index is 11.9. The number of halogens is 1. The summed E-state index contributed by atoms with van der Waals surface area (Å²) in [5.74, 6) is 0.146. The average molecular weight is 335 g/mol.